The Bertz CT molecular complexity index is 648. The molecule has 23 heavy (non-hydrogen) atoms. The minimum atomic E-state index is 0.0115. The molecule has 0 radical (unpaired) electrons. The van der Waals surface area contributed by atoms with Crippen LogP contribution in [0.3, 0.4) is 0 Å². The molecule has 1 atom stereocenters. The maximum Gasteiger partial charge on any atom is 0.225 e. The summed E-state index contributed by atoms with van der Waals surface area (Å²) in [7, 11) is 0. The summed E-state index contributed by atoms with van der Waals surface area (Å²) < 4.78 is 7.26. The molecule has 1 aliphatic heterocycles. The molecule has 1 unspecified atom stereocenters. The number of halogens is 1. The van der Waals surface area contributed by atoms with Crippen molar-refractivity contribution in [3.8, 4) is 0 Å². The van der Waals surface area contributed by atoms with Crippen molar-refractivity contribution in [1.29, 1.82) is 0 Å². The number of nitrogens with zero attached hydrogens (tertiary/aromatic N) is 2. The summed E-state index contributed by atoms with van der Waals surface area (Å²) in [5.41, 5.74) is 2.15. The molecule has 5 nitrogen and oxygen atoms in total. The molecular weight excluding hydrogens is 314 g/mol. The highest BCUT2D eigenvalue weighted by Gasteiger charge is 2.22. The van der Waals surface area contributed by atoms with Crippen molar-refractivity contribution in [3.05, 3.63) is 53.1 Å². The first-order chi connectivity index (χ1) is 11.2. The Morgan fingerprint density at radius 3 is 2.96 bits per heavy atom. The van der Waals surface area contributed by atoms with E-state index in [4.69, 9.17) is 16.3 Å². The van der Waals surface area contributed by atoms with Gasteiger partial charge in [-0.15, -0.1) is 0 Å². The van der Waals surface area contributed by atoms with Gasteiger partial charge in [0.25, 0.3) is 0 Å². The highest BCUT2D eigenvalue weighted by atomic mass is 35.5. The van der Waals surface area contributed by atoms with E-state index < -0.39 is 0 Å². The fourth-order valence-electron chi connectivity index (χ4n) is 2.62. The van der Waals surface area contributed by atoms with Crippen molar-refractivity contribution in [2.24, 2.45) is 5.92 Å². The van der Waals surface area contributed by atoms with Crippen LogP contribution in [0, 0.1) is 5.92 Å². The van der Waals surface area contributed by atoms with Crippen LogP contribution in [0.4, 0.5) is 0 Å². The van der Waals surface area contributed by atoms with E-state index in [2.05, 4.69) is 10.3 Å². The molecule has 0 spiro atoms. The Kier molecular flexibility index (Phi) is 5.31. The number of carbonyl (C=O) groups excluding carboxylic acids is 1. The van der Waals surface area contributed by atoms with E-state index in [1.54, 1.807) is 0 Å². The van der Waals surface area contributed by atoms with Crippen LogP contribution in [0.25, 0.3) is 0 Å². The van der Waals surface area contributed by atoms with Gasteiger partial charge in [-0.1, -0.05) is 23.7 Å². The van der Waals surface area contributed by atoms with Crippen LogP contribution >= 0.6 is 11.6 Å². The minimum Gasteiger partial charge on any atom is -0.381 e. The average molecular weight is 334 g/mol. The second-order valence-electron chi connectivity index (χ2n) is 5.77. The van der Waals surface area contributed by atoms with E-state index in [9.17, 15) is 4.79 Å². The topological polar surface area (TPSA) is 56.2 Å². The molecule has 2 aromatic rings. The highest BCUT2D eigenvalue weighted by Crippen LogP contribution is 2.12. The number of aromatic nitrogens is 2. The molecule has 2 heterocycles. The van der Waals surface area contributed by atoms with Crippen LogP contribution in [0.5, 0.6) is 0 Å². The Hall–Kier alpha value is -1.85. The molecule has 1 amide bonds. The van der Waals surface area contributed by atoms with E-state index in [1.807, 2.05) is 41.4 Å². The molecule has 1 N–H and O–H groups in total. The number of imidazole rings is 1. The molecule has 1 fully saturated rings. The van der Waals surface area contributed by atoms with Gasteiger partial charge in [0.15, 0.2) is 0 Å². The standard InChI is InChI=1S/C17H20ClN3O2/c18-15-3-1-13(2-4-15)9-21-10-16(20-12-21)5-7-19-17(22)14-6-8-23-11-14/h1-4,10,12,14H,5-9,11H2,(H,19,22). The summed E-state index contributed by atoms with van der Waals surface area (Å²) >= 11 is 5.89. The number of amides is 1. The van der Waals surface area contributed by atoms with Crippen LogP contribution < -0.4 is 5.32 Å². The van der Waals surface area contributed by atoms with Gasteiger partial charge in [0.2, 0.25) is 5.91 Å². The first kappa shape index (κ1) is 16.0. The normalized spacial score (nSPS) is 17.3. The van der Waals surface area contributed by atoms with Crippen LogP contribution in [0.2, 0.25) is 5.02 Å². The predicted molar refractivity (Wildman–Crippen MR) is 88.4 cm³/mol. The lowest BCUT2D eigenvalue weighted by molar-refractivity contribution is -0.124. The lowest BCUT2D eigenvalue weighted by atomic mass is 10.1. The molecule has 122 valence electrons. The number of hydrogen-bond acceptors (Lipinski definition) is 3. The van der Waals surface area contributed by atoms with E-state index in [0.29, 0.717) is 19.8 Å². The minimum absolute atomic E-state index is 0.0115. The third-order valence-corrected chi connectivity index (χ3v) is 4.20. The fourth-order valence-corrected chi connectivity index (χ4v) is 2.75. The number of hydrogen-bond donors (Lipinski definition) is 1. The van der Waals surface area contributed by atoms with Gasteiger partial charge in [0, 0.05) is 37.3 Å². The second-order valence-corrected chi connectivity index (χ2v) is 6.20. The Balaban J connectivity index is 1.45. The summed E-state index contributed by atoms with van der Waals surface area (Å²) in [6.07, 6.45) is 5.38. The summed E-state index contributed by atoms with van der Waals surface area (Å²) in [4.78, 5) is 16.3. The van der Waals surface area contributed by atoms with Gasteiger partial charge in [-0.2, -0.15) is 0 Å². The zero-order valence-corrected chi connectivity index (χ0v) is 13.6. The van der Waals surface area contributed by atoms with Crippen LogP contribution in [0.15, 0.2) is 36.8 Å². The molecule has 0 bridgehead atoms. The summed E-state index contributed by atoms with van der Waals surface area (Å²) in [6.45, 7) is 2.60. The molecule has 1 aromatic carbocycles. The third-order valence-electron chi connectivity index (χ3n) is 3.95. The zero-order valence-electron chi connectivity index (χ0n) is 12.9. The summed E-state index contributed by atoms with van der Waals surface area (Å²) in [5, 5.41) is 3.69. The molecule has 3 rings (SSSR count). The predicted octanol–water partition coefficient (Wildman–Crippen LogP) is 2.28. The van der Waals surface area contributed by atoms with Crippen molar-refractivity contribution < 1.29 is 9.53 Å². The average Bonchev–Trinajstić information content (AvgIpc) is 3.21. The van der Waals surface area contributed by atoms with E-state index in [-0.39, 0.29) is 11.8 Å². The van der Waals surface area contributed by atoms with Gasteiger partial charge in [0.1, 0.15) is 0 Å². The molecule has 1 aromatic heterocycles. The number of nitrogens with one attached hydrogen (secondary N) is 1. The first-order valence-electron chi connectivity index (χ1n) is 7.81. The molecule has 1 aliphatic rings. The summed E-state index contributed by atoms with van der Waals surface area (Å²) in [5.74, 6) is 0.0977. The van der Waals surface area contributed by atoms with Gasteiger partial charge in [-0.3, -0.25) is 4.79 Å². The van der Waals surface area contributed by atoms with Gasteiger partial charge < -0.3 is 14.6 Å². The van der Waals surface area contributed by atoms with Crippen LogP contribution in [-0.4, -0.2) is 35.2 Å². The third kappa shape index (κ3) is 4.56. The maximum absolute atomic E-state index is 11.9. The van der Waals surface area contributed by atoms with E-state index in [1.165, 1.54) is 5.56 Å². The van der Waals surface area contributed by atoms with Gasteiger partial charge in [-0.25, -0.2) is 4.98 Å². The smallest absolute Gasteiger partial charge is 0.225 e. The van der Waals surface area contributed by atoms with Crippen molar-refractivity contribution in [3.63, 3.8) is 0 Å². The van der Waals surface area contributed by atoms with Gasteiger partial charge >= 0.3 is 0 Å². The Labute approximate surface area is 140 Å². The number of ether oxygens (including phenoxy) is 1. The van der Waals surface area contributed by atoms with Crippen LogP contribution in [-0.2, 0) is 22.5 Å². The van der Waals surface area contributed by atoms with Gasteiger partial charge in [0.05, 0.1) is 24.5 Å². The second kappa shape index (κ2) is 7.62. The van der Waals surface area contributed by atoms with Crippen molar-refractivity contribution in [2.75, 3.05) is 19.8 Å². The first-order valence-corrected chi connectivity index (χ1v) is 8.19. The van der Waals surface area contributed by atoms with E-state index in [0.717, 1.165) is 30.1 Å². The van der Waals surface area contributed by atoms with Crippen LogP contribution in [0.1, 0.15) is 17.7 Å². The van der Waals surface area contributed by atoms with Gasteiger partial charge in [-0.05, 0) is 24.1 Å². The number of carbonyl (C=O) groups is 1. The number of benzene rings is 1. The van der Waals surface area contributed by atoms with Crippen molar-refractivity contribution in [2.45, 2.75) is 19.4 Å². The Morgan fingerprint density at radius 1 is 1.39 bits per heavy atom. The molecule has 0 aliphatic carbocycles. The largest absolute Gasteiger partial charge is 0.381 e. The fraction of sp³-hybridized carbons (Fsp3) is 0.412. The maximum atomic E-state index is 11.9. The van der Waals surface area contributed by atoms with E-state index >= 15 is 0 Å². The number of rotatable bonds is 6. The highest BCUT2D eigenvalue weighted by molar-refractivity contribution is 6.30. The SMILES string of the molecule is O=C(NCCc1cn(Cc2ccc(Cl)cc2)cn1)C1CCOC1. The van der Waals surface area contributed by atoms with Crippen molar-refractivity contribution >= 4 is 17.5 Å². The molecular formula is C17H20ClN3O2. The lowest BCUT2D eigenvalue weighted by Crippen LogP contribution is -2.32. The molecule has 6 heteroatoms. The zero-order chi connectivity index (χ0) is 16.1. The molecule has 0 saturated carbocycles. The van der Waals surface area contributed by atoms with Crippen molar-refractivity contribution in [1.82, 2.24) is 14.9 Å². The quantitative estimate of drug-likeness (QED) is 0.882. The summed E-state index contributed by atoms with van der Waals surface area (Å²) in [6, 6.07) is 7.78. The monoisotopic (exact) mass is 333 g/mol. The Morgan fingerprint density at radius 2 is 2.22 bits per heavy atom. The lowest BCUT2D eigenvalue weighted by Gasteiger charge is -2.08. The molecule has 1 saturated heterocycles.